The first kappa shape index (κ1) is 60.8. The molecule has 11 nitrogen and oxygen atoms in total. The van der Waals surface area contributed by atoms with E-state index in [1.54, 1.807) is 0 Å². The number of allylic oxidation sites excluding steroid dienone is 10. The zero-order valence-corrected chi connectivity index (χ0v) is 41.0. The van der Waals surface area contributed by atoms with E-state index in [9.17, 15) is 40.5 Å². The Hall–Kier alpha value is -2.19. The van der Waals surface area contributed by atoms with Gasteiger partial charge in [-0.05, 0) is 96.3 Å². The average Bonchev–Trinajstić information content (AvgIpc) is 3.31. The summed E-state index contributed by atoms with van der Waals surface area (Å²) in [6.07, 6.45) is 42.6. The van der Waals surface area contributed by atoms with Crippen LogP contribution in [-0.2, 0) is 14.3 Å². The van der Waals surface area contributed by atoms with Gasteiger partial charge >= 0.3 is 0 Å². The molecule has 1 amide bonds. The van der Waals surface area contributed by atoms with Crippen molar-refractivity contribution in [3.05, 3.63) is 60.8 Å². The lowest BCUT2D eigenvalue weighted by molar-refractivity contribution is -0.303. The average molecular weight is 920 g/mol. The van der Waals surface area contributed by atoms with Crippen molar-refractivity contribution in [2.24, 2.45) is 0 Å². The van der Waals surface area contributed by atoms with Crippen molar-refractivity contribution in [3.63, 3.8) is 0 Å². The van der Waals surface area contributed by atoms with Crippen molar-refractivity contribution in [2.45, 2.75) is 262 Å². The van der Waals surface area contributed by atoms with Crippen molar-refractivity contribution in [1.82, 2.24) is 5.32 Å². The standard InChI is InChI=1S/C54H97NO10/c1-3-5-7-9-11-13-15-17-19-21-22-23-24-25-26-28-29-31-33-35-37-39-41-46(57)49(59)45(44-64-54-52(62)51(61)50(60)48(43-56)65-54)55-53(63)47(58)42-40-38-36-34-32-30-27-20-18-16-14-12-10-8-6-4-2/h12,14,18,20,22-23,26,28,33,35,45-52,54,56-62H,3-11,13,15-17,19,21,24-25,27,29-32,34,36-44H2,1-2H3,(H,55,63)/b14-12-,20-18-,23-22+,28-26+,35-33+. The molecule has 0 aromatic rings. The first-order valence-electron chi connectivity index (χ1n) is 26.2. The Labute approximate surface area is 395 Å². The molecule has 0 spiro atoms. The van der Waals surface area contributed by atoms with Crippen LogP contribution in [0.15, 0.2) is 60.8 Å². The highest BCUT2D eigenvalue weighted by molar-refractivity contribution is 5.80. The van der Waals surface area contributed by atoms with Gasteiger partial charge in [0.05, 0.1) is 25.4 Å². The molecule has 378 valence electrons. The molecule has 65 heavy (non-hydrogen) atoms. The SMILES string of the molecule is CCCCC/C=C\C/C=C\CCCCCCCCC(O)C(=O)NC(COC1OC(CO)C(O)C(O)C1O)C(O)C(O)CCC/C=C/CC/C=C/CC/C=C/CCCCCCCCCCC. The molecule has 0 aromatic heterocycles. The minimum atomic E-state index is -1.68. The number of nitrogens with one attached hydrogen (secondary N) is 1. The number of amides is 1. The van der Waals surface area contributed by atoms with E-state index in [2.05, 4.69) is 79.9 Å². The lowest BCUT2D eigenvalue weighted by Gasteiger charge is -2.40. The second-order valence-corrected chi connectivity index (χ2v) is 18.2. The van der Waals surface area contributed by atoms with Crippen LogP contribution in [0.2, 0.25) is 0 Å². The van der Waals surface area contributed by atoms with Crippen LogP contribution in [0.4, 0.5) is 0 Å². The van der Waals surface area contributed by atoms with Crippen molar-refractivity contribution in [3.8, 4) is 0 Å². The van der Waals surface area contributed by atoms with E-state index in [0.717, 1.165) is 77.0 Å². The number of carbonyl (C=O) groups excluding carboxylic acids is 1. The second-order valence-electron chi connectivity index (χ2n) is 18.2. The van der Waals surface area contributed by atoms with Crippen LogP contribution in [0.25, 0.3) is 0 Å². The molecule has 9 unspecified atom stereocenters. The Morgan fingerprint density at radius 2 is 0.969 bits per heavy atom. The quantitative estimate of drug-likeness (QED) is 0.0216. The van der Waals surface area contributed by atoms with Gasteiger partial charge in [0, 0.05) is 0 Å². The zero-order valence-electron chi connectivity index (χ0n) is 41.0. The maximum Gasteiger partial charge on any atom is 0.249 e. The summed E-state index contributed by atoms with van der Waals surface area (Å²) >= 11 is 0. The summed E-state index contributed by atoms with van der Waals surface area (Å²) in [5.41, 5.74) is 0. The van der Waals surface area contributed by atoms with E-state index in [1.165, 1.54) is 83.5 Å². The summed E-state index contributed by atoms with van der Waals surface area (Å²) in [6, 6.07) is -1.20. The molecule has 1 aliphatic heterocycles. The third kappa shape index (κ3) is 32.2. The van der Waals surface area contributed by atoms with Crippen molar-refractivity contribution >= 4 is 5.91 Å². The van der Waals surface area contributed by atoms with Gasteiger partial charge in [-0.15, -0.1) is 0 Å². The largest absolute Gasteiger partial charge is 0.394 e. The molecule has 1 heterocycles. The van der Waals surface area contributed by atoms with Gasteiger partial charge in [0.15, 0.2) is 6.29 Å². The maximum absolute atomic E-state index is 13.1. The molecule has 0 saturated carbocycles. The molecule has 1 aliphatic rings. The number of carbonyl (C=O) groups is 1. The molecule has 9 atom stereocenters. The molecule has 1 fully saturated rings. The van der Waals surface area contributed by atoms with E-state index in [-0.39, 0.29) is 12.8 Å². The Bertz CT molecular complexity index is 1240. The fourth-order valence-electron chi connectivity index (χ4n) is 7.91. The van der Waals surface area contributed by atoms with Crippen LogP contribution in [0.1, 0.15) is 206 Å². The fourth-order valence-corrected chi connectivity index (χ4v) is 7.91. The highest BCUT2D eigenvalue weighted by Crippen LogP contribution is 2.23. The van der Waals surface area contributed by atoms with Gasteiger partial charge in [0.25, 0.3) is 0 Å². The molecule has 0 bridgehead atoms. The van der Waals surface area contributed by atoms with Crippen LogP contribution in [0.5, 0.6) is 0 Å². The van der Waals surface area contributed by atoms with E-state index in [0.29, 0.717) is 19.3 Å². The lowest BCUT2D eigenvalue weighted by atomic mass is 9.98. The van der Waals surface area contributed by atoms with Crippen LogP contribution in [-0.4, -0.2) is 110 Å². The summed E-state index contributed by atoms with van der Waals surface area (Å²) in [5, 5.41) is 75.9. The summed E-state index contributed by atoms with van der Waals surface area (Å²) < 4.78 is 11.1. The maximum atomic E-state index is 13.1. The van der Waals surface area contributed by atoms with Crippen LogP contribution in [0, 0.1) is 0 Å². The molecule has 1 saturated heterocycles. The van der Waals surface area contributed by atoms with Gasteiger partial charge < -0.3 is 50.5 Å². The molecular weight excluding hydrogens is 823 g/mol. The van der Waals surface area contributed by atoms with Crippen molar-refractivity contribution in [2.75, 3.05) is 13.2 Å². The normalized spacial score (nSPS) is 21.4. The topological polar surface area (TPSA) is 189 Å². The second kappa shape index (κ2) is 43.1. The molecule has 11 heteroatoms. The molecule has 1 rings (SSSR count). The first-order valence-corrected chi connectivity index (χ1v) is 26.2. The van der Waals surface area contributed by atoms with E-state index < -0.39 is 74.2 Å². The molecular formula is C54H97NO10. The number of unbranched alkanes of at least 4 members (excludes halogenated alkanes) is 21. The van der Waals surface area contributed by atoms with Gasteiger partial charge in [-0.1, -0.05) is 171 Å². The summed E-state index contributed by atoms with van der Waals surface area (Å²) in [6.45, 7) is 3.39. The number of ether oxygens (including phenoxy) is 2. The Kier molecular flexibility index (Phi) is 40.3. The van der Waals surface area contributed by atoms with Crippen molar-refractivity contribution in [1.29, 1.82) is 0 Å². The Morgan fingerprint density at radius 1 is 0.538 bits per heavy atom. The third-order valence-corrected chi connectivity index (χ3v) is 12.2. The Morgan fingerprint density at radius 3 is 1.49 bits per heavy atom. The predicted molar refractivity (Wildman–Crippen MR) is 265 cm³/mol. The van der Waals surface area contributed by atoms with Crippen molar-refractivity contribution < 1.29 is 50.0 Å². The highest BCUT2D eigenvalue weighted by Gasteiger charge is 2.44. The van der Waals surface area contributed by atoms with Gasteiger partial charge in [0.2, 0.25) is 5.91 Å². The lowest BCUT2D eigenvalue weighted by Crippen LogP contribution is -2.60. The highest BCUT2D eigenvalue weighted by atomic mass is 16.7. The first-order chi connectivity index (χ1) is 31.7. The van der Waals surface area contributed by atoms with E-state index in [1.807, 2.05) is 0 Å². The molecule has 0 radical (unpaired) electrons. The smallest absolute Gasteiger partial charge is 0.249 e. The Balaban J connectivity index is 2.44. The van der Waals surface area contributed by atoms with Gasteiger partial charge in [-0.3, -0.25) is 4.79 Å². The minimum absolute atomic E-state index is 0.235. The molecule has 0 aliphatic carbocycles. The molecule has 0 aromatic carbocycles. The fraction of sp³-hybridized carbons (Fsp3) is 0.796. The number of rotatable bonds is 43. The van der Waals surface area contributed by atoms with E-state index >= 15 is 0 Å². The summed E-state index contributed by atoms with van der Waals surface area (Å²) in [5.74, 6) is -0.723. The van der Waals surface area contributed by atoms with Crippen LogP contribution >= 0.6 is 0 Å². The van der Waals surface area contributed by atoms with E-state index in [4.69, 9.17) is 9.47 Å². The van der Waals surface area contributed by atoms with Crippen LogP contribution in [0.3, 0.4) is 0 Å². The third-order valence-electron chi connectivity index (χ3n) is 12.2. The summed E-state index contributed by atoms with van der Waals surface area (Å²) in [7, 11) is 0. The predicted octanol–water partition coefficient (Wildman–Crippen LogP) is 9.89. The number of aliphatic hydroxyl groups excluding tert-OH is 7. The monoisotopic (exact) mass is 920 g/mol. The minimum Gasteiger partial charge on any atom is -0.394 e. The van der Waals surface area contributed by atoms with Crippen LogP contribution < -0.4 is 5.32 Å². The zero-order chi connectivity index (χ0) is 47.6. The van der Waals surface area contributed by atoms with Gasteiger partial charge in [-0.2, -0.15) is 0 Å². The van der Waals surface area contributed by atoms with Gasteiger partial charge in [-0.25, -0.2) is 0 Å². The number of aliphatic hydroxyl groups is 7. The summed E-state index contributed by atoms with van der Waals surface area (Å²) in [4.78, 5) is 13.1. The number of hydrogen-bond acceptors (Lipinski definition) is 10. The molecule has 8 N–H and O–H groups in total. The number of hydrogen-bond donors (Lipinski definition) is 8. The van der Waals surface area contributed by atoms with Gasteiger partial charge in [0.1, 0.15) is 36.6 Å².